The number of hydrogen-bond donors (Lipinski definition) is 2. The van der Waals surface area contributed by atoms with Gasteiger partial charge in [-0.1, -0.05) is 12.2 Å². The number of ether oxygens (including phenoxy) is 1. The largest absolute Gasteiger partial charge is 0.508 e. The van der Waals surface area contributed by atoms with Crippen LogP contribution in [0.15, 0.2) is 24.3 Å². The molecule has 0 fully saturated rings. The normalized spacial score (nSPS) is 21.9. The lowest BCUT2D eigenvalue weighted by molar-refractivity contribution is -0.118. The first-order chi connectivity index (χ1) is 11.0. The molecule has 1 atom stereocenters. The molecule has 0 amide bonds. The number of cyclic esters (lactones) is 1. The van der Waals surface area contributed by atoms with E-state index in [0.717, 1.165) is 25.3 Å². The molecule has 1 aromatic rings. The van der Waals surface area contributed by atoms with Crippen LogP contribution < -0.4 is 0 Å². The Balaban J connectivity index is 2.34. The molecule has 2 rings (SSSR count). The Morgan fingerprint density at radius 2 is 1.91 bits per heavy atom. The first-order valence-corrected chi connectivity index (χ1v) is 7.90. The van der Waals surface area contributed by atoms with E-state index >= 15 is 0 Å². The predicted octanol–water partition coefficient (Wildman–Crippen LogP) is 3.28. The molecule has 2 N–H and O–H groups in total. The van der Waals surface area contributed by atoms with Crippen LogP contribution >= 0.6 is 0 Å². The molecule has 0 unspecified atom stereocenters. The van der Waals surface area contributed by atoms with Crippen LogP contribution in [0.5, 0.6) is 11.5 Å². The van der Waals surface area contributed by atoms with Gasteiger partial charge in [0.1, 0.15) is 28.9 Å². The van der Waals surface area contributed by atoms with Crippen LogP contribution in [0.4, 0.5) is 0 Å². The molecule has 1 aliphatic rings. The zero-order valence-corrected chi connectivity index (χ0v) is 13.2. The smallest absolute Gasteiger partial charge is 0.342 e. The van der Waals surface area contributed by atoms with E-state index in [0.29, 0.717) is 18.4 Å². The molecule has 0 saturated carbocycles. The standard InChI is InChI=1S/C18H22O5/c1-12-7-5-3-2-4-6-8-14(19)9-13-10-15(20)11-16(21)17(13)18(22)23-12/h3,5,10-12,20-21H,2,4,6-9H2,1H3/b5-3+/t12-/m0/s1. The van der Waals surface area contributed by atoms with Crippen molar-refractivity contribution in [1.82, 2.24) is 0 Å². The Morgan fingerprint density at radius 1 is 1.13 bits per heavy atom. The summed E-state index contributed by atoms with van der Waals surface area (Å²) in [4.78, 5) is 24.4. The summed E-state index contributed by atoms with van der Waals surface area (Å²) >= 11 is 0. The van der Waals surface area contributed by atoms with Gasteiger partial charge in [-0.15, -0.1) is 0 Å². The molecule has 124 valence electrons. The summed E-state index contributed by atoms with van der Waals surface area (Å²) in [5, 5.41) is 19.6. The van der Waals surface area contributed by atoms with Crippen LogP contribution in [0.1, 0.15) is 54.9 Å². The lowest BCUT2D eigenvalue weighted by atomic mass is 9.98. The third kappa shape index (κ3) is 4.84. The average molecular weight is 318 g/mol. The second-order valence-electron chi connectivity index (χ2n) is 5.88. The Morgan fingerprint density at radius 3 is 2.70 bits per heavy atom. The summed E-state index contributed by atoms with van der Waals surface area (Å²) in [6.45, 7) is 1.77. The van der Waals surface area contributed by atoms with E-state index in [1.807, 2.05) is 12.2 Å². The molecule has 1 aromatic carbocycles. The van der Waals surface area contributed by atoms with Crippen LogP contribution in [0, 0.1) is 0 Å². The van der Waals surface area contributed by atoms with Crippen molar-refractivity contribution in [2.24, 2.45) is 0 Å². The molecule has 0 spiro atoms. The third-order valence-corrected chi connectivity index (χ3v) is 3.80. The topological polar surface area (TPSA) is 83.8 Å². The molecular weight excluding hydrogens is 296 g/mol. The fourth-order valence-corrected chi connectivity index (χ4v) is 2.62. The fourth-order valence-electron chi connectivity index (χ4n) is 2.62. The monoisotopic (exact) mass is 318 g/mol. The van der Waals surface area contributed by atoms with E-state index < -0.39 is 5.97 Å². The number of phenolic OH excluding ortho intramolecular Hbond substituents is 2. The highest BCUT2D eigenvalue weighted by molar-refractivity contribution is 5.96. The summed E-state index contributed by atoms with van der Waals surface area (Å²) in [5.74, 6) is -1.26. The van der Waals surface area contributed by atoms with E-state index in [9.17, 15) is 19.8 Å². The Labute approximate surface area is 135 Å². The van der Waals surface area contributed by atoms with Crippen LogP contribution in [0.2, 0.25) is 0 Å². The third-order valence-electron chi connectivity index (χ3n) is 3.80. The van der Waals surface area contributed by atoms with Gasteiger partial charge >= 0.3 is 5.97 Å². The molecule has 0 saturated heterocycles. The number of esters is 1. The van der Waals surface area contributed by atoms with Gasteiger partial charge in [0.05, 0.1) is 0 Å². The summed E-state index contributed by atoms with van der Waals surface area (Å²) in [5.41, 5.74) is 0.265. The number of carbonyl (C=O) groups is 2. The highest BCUT2D eigenvalue weighted by atomic mass is 16.5. The van der Waals surface area contributed by atoms with Crippen LogP contribution in [-0.2, 0) is 16.0 Å². The number of phenols is 2. The van der Waals surface area contributed by atoms with Crippen molar-refractivity contribution in [2.45, 2.75) is 51.6 Å². The van der Waals surface area contributed by atoms with Crippen LogP contribution in [0.25, 0.3) is 0 Å². The van der Waals surface area contributed by atoms with Gasteiger partial charge in [-0.25, -0.2) is 4.79 Å². The highest BCUT2D eigenvalue weighted by Gasteiger charge is 2.22. The van der Waals surface area contributed by atoms with Gasteiger partial charge in [0.25, 0.3) is 0 Å². The average Bonchev–Trinajstić information content (AvgIpc) is 2.44. The van der Waals surface area contributed by atoms with E-state index in [1.165, 1.54) is 6.07 Å². The van der Waals surface area contributed by atoms with Crippen molar-refractivity contribution in [3.05, 3.63) is 35.4 Å². The van der Waals surface area contributed by atoms with Crippen molar-refractivity contribution < 1.29 is 24.5 Å². The number of ketones is 1. The summed E-state index contributed by atoms with van der Waals surface area (Å²) in [7, 11) is 0. The molecule has 5 nitrogen and oxygen atoms in total. The van der Waals surface area contributed by atoms with Crippen molar-refractivity contribution in [3.63, 3.8) is 0 Å². The zero-order valence-electron chi connectivity index (χ0n) is 13.2. The van der Waals surface area contributed by atoms with Crippen molar-refractivity contribution >= 4 is 11.8 Å². The maximum Gasteiger partial charge on any atom is 0.342 e. The number of hydrogen-bond acceptors (Lipinski definition) is 5. The van der Waals surface area contributed by atoms with Gasteiger partial charge < -0.3 is 14.9 Å². The Bertz CT molecular complexity index is 618. The Hall–Kier alpha value is -2.30. The lowest BCUT2D eigenvalue weighted by Gasteiger charge is -2.15. The maximum absolute atomic E-state index is 12.3. The minimum absolute atomic E-state index is 0.00336. The molecule has 5 heteroatoms. The molecule has 1 aliphatic heterocycles. The minimum Gasteiger partial charge on any atom is -0.508 e. The van der Waals surface area contributed by atoms with E-state index in [-0.39, 0.29) is 35.4 Å². The molecule has 0 aromatic heterocycles. The molecule has 23 heavy (non-hydrogen) atoms. The number of fused-ring (bicyclic) bond motifs is 1. The number of aromatic hydroxyl groups is 2. The number of rotatable bonds is 0. The molecular formula is C18H22O5. The molecule has 0 bridgehead atoms. The molecule has 0 radical (unpaired) electrons. The minimum atomic E-state index is -0.678. The predicted molar refractivity (Wildman–Crippen MR) is 85.6 cm³/mol. The Kier molecular flexibility index (Phi) is 5.79. The van der Waals surface area contributed by atoms with E-state index in [2.05, 4.69) is 0 Å². The molecule has 0 aliphatic carbocycles. The van der Waals surface area contributed by atoms with Gasteiger partial charge in [-0.3, -0.25) is 4.79 Å². The summed E-state index contributed by atoms with van der Waals surface area (Å²) < 4.78 is 5.33. The number of allylic oxidation sites excluding steroid dienone is 1. The van der Waals surface area contributed by atoms with Crippen LogP contribution in [-0.4, -0.2) is 28.1 Å². The van der Waals surface area contributed by atoms with Gasteiger partial charge in [0.15, 0.2) is 0 Å². The number of benzene rings is 1. The van der Waals surface area contributed by atoms with E-state index in [4.69, 9.17) is 4.74 Å². The SMILES string of the molecule is C[C@H]1C/C=C/CCCCC(=O)Cc2cc(O)cc(O)c2C(=O)O1. The highest BCUT2D eigenvalue weighted by Crippen LogP contribution is 2.29. The van der Waals surface area contributed by atoms with Crippen molar-refractivity contribution in [2.75, 3.05) is 0 Å². The number of carbonyl (C=O) groups excluding carboxylic acids is 2. The first kappa shape index (κ1) is 17.1. The zero-order chi connectivity index (χ0) is 16.8. The van der Waals surface area contributed by atoms with Crippen molar-refractivity contribution in [3.8, 4) is 11.5 Å². The maximum atomic E-state index is 12.3. The first-order valence-electron chi connectivity index (χ1n) is 7.90. The fraction of sp³-hybridized carbons (Fsp3) is 0.444. The van der Waals surface area contributed by atoms with Gasteiger partial charge in [0.2, 0.25) is 0 Å². The second kappa shape index (κ2) is 7.81. The van der Waals surface area contributed by atoms with Gasteiger partial charge in [0, 0.05) is 25.3 Å². The molecule has 1 heterocycles. The van der Waals surface area contributed by atoms with Gasteiger partial charge in [-0.05, 0) is 37.8 Å². The second-order valence-corrected chi connectivity index (χ2v) is 5.88. The number of Topliss-reactive ketones (excluding diaryl/α,β-unsaturated/α-hetero) is 1. The van der Waals surface area contributed by atoms with E-state index in [1.54, 1.807) is 6.92 Å². The quantitative estimate of drug-likeness (QED) is 0.566. The van der Waals surface area contributed by atoms with Crippen LogP contribution in [0.3, 0.4) is 0 Å². The van der Waals surface area contributed by atoms with Crippen molar-refractivity contribution in [1.29, 1.82) is 0 Å². The lowest BCUT2D eigenvalue weighted by Crippen LogP contribution is -2.17. The van der Waals surface area contributed by atoms with Gasteiger partial charge in [-0.2, -0.15) is 0 Å². The summed E-state index contributed by atoms with van der Waals surface area (Å²) in [6.07, 6.45) is 7.26. The summed E-state index contributed by atoms with van der Waals surface area (Å²) in [6, 6.07) is 2.42.